The molecule has 0 radical (unpaired) electrons. The van der Waals surface area contributed by atoms with Crippen molar-refractivity contribution in [1.82, 2.24) is 0 Å². The van der Waals surface area contributed by atoms with E-state index in [4.69, 9.17) is 9.47 Å². The molecule has 2 aromatic carbocycles. The Kier molecular flexibility index (Phi) is 11.1. The fraction of sp³-hybridized carbons (Fsp3) is 0.464. The van der Waals surface area contributed by atoms with E-state index in [0.717, 1.165) is 31.7 Å². The number of benzene rings is 2. The van der Waals surface area contributed by atoms with Gasteiger partial charge in [-0.15, -0.1) is 0 Å². The highest BCUT2D eigenvalue weighted by atomic mass is 28.3. The van der Waals surface area contributed by atoms with Crippen LogP contribution < -0.4 is 9.92 Å². The number of hydrogen-bond donors (Lipinski definition) is 1. The Hall–Kier alpha value is -2.51. The summed E-state index contributed by atoms with van der Waals surface area (Å²) in [5.41, 5.74) is 1.18. The van der Waals surface area contributed by atoms with E-state index in [1.54, 1.807) is 13.0 Å². The molecule has 192 valence electrons. The van der Waals surface area contributed by atoms with Crippen LogP contribution in [0.3, 0.4) is 0 Å². The van der Waals surface area contributed by atoms with Crippen molar-refractivity contribution in [1.29, 1.82) is 0 Å². The van der Waals surface area contributed by atoms with Gasteiger partial charge in [-0.2, -0.15) is 4.39 Å². The Morgan fingerprint density at radius 3 is 2.37 bits per heavy atom. The zero-order chi connectivity index (χ0) is 26.0. The number of aliphatic hydroxyl groups is 1. The SMILES string of the molecule is C=C(C)C(=O)OCC(CO)CCC[Si](C)(C)c1ccc(-c2ccc(OCCCC)c(F)c2F)cc1. The molecule has 0 fully saturated rings. The molecule has 0 aliphatic carbocycles. The highest BCUT2D eigenvalue weighted by Gasteiger charge is 2.24. The predicted molar refractivity (Wildman–Crippen MR) is 140 cm³/mol. The molecule has 4 nitrogen and oxygen atoms in total. The molecule has 2 rings (SSSR count). The molecule has 0 aliphatic heterocycles. The zero-order valence-electron chi connectivity index (χ0n) is 21.3. The van der Waals surface area contributed by atoms with E-state index in [2.05, 4.69) is 19.7 Å². The first-order valence-corrected chi connectivity index (χ1v) is 15.5. The van der Waals surface area contributed by atoms with Gasteiger partial charge >= 0.3 is 5.97 Å². The van der Waals surface area contributed by atoms with Crippen molar-refractivity contribution in [3.05, 3.63) is 60.2 Å². The molecule has 0 aromatic heterocycles. The van der Waals surface area contributed by atoms with Crippen LogP contribution in [0.5, 0.6) is 5.75 Å². The van der Waals surface area contributed by atoms with E-state index in [-0.39, 0.29) is 30.4 Å². The Balaban J connectivity index is 2.00. The first kappa shape index (κ1) is 28.7. The fourth-order valence-electron chi connectivity index (χ4n) is 3.81. The van der Waals surface area contributed by atoms with E-state index < -0.39 is 25.7 Å². The van der Waals surface area contributed by atoms with Crippen molar-refractivity contribution in [3.63, 3.8) is 0 Å². The highest BCUT2D eigenvalue weighted by molar-refractivity contribution is 6.89. The van der Waals surface area contributed by atoms with Gasteiger partial charge < -0.3 is 14.6 Å². The van der Waals surface area contributed by atoms with Crippen molar-refractivity contribution in [2.75, 3.05) is 19.8 Å². The standard InChI is InChI=1S/C28H38F2O4Si/c1-6-7-16-33-25-15-14-24(26(29)27(25)30)22-10-12-23(13-11-22)35(4,5)17-8-9-21(18-31)19-34-28(32)20(2)3/h10-15,21,31H,2,6-9,16-19H2,1,3-5H3. The van der Waals surface area contributed by atoms with Crippen molar-refractivity contribution in [3.8, 4) is 16.9 Å². The summed E-state index contributed by atoms with van der Waals surface area (Å²) in [4.78, 5) is 11.6. The molecular weight excluding hydrogens is 466 g/mol. The van der Waals surface area contributed by atoms with Crippen LogP contribution in [-0.2, 0) is 9.53 Å². The second-order valence-electron chi connectivity index (χ2n) is 9.72. The molecule has 0 spiro atoms. The van der Waals surface area contributed by atoms with E-state index in [0.29, 0.717) is 17.7 Å². The topological polar surface area (TPSA) is 55.8 Å². The third-order valence-corrected chi connectivity index (χ3v) is 9.75. The van der Waals surface area contributed by atoms with E-state index in [9.17, 15) is 18.7 Å². The van der Waals surface area contributed by atoms with Crippen molar-refractivity contribution in [2.45, 2.75) is 58.7 Å². The van der Waals surface area contributed by atoms with Crippen LogP contribution in [-0.4, -0.2) is 39.0 Å². The van der Waals surface area contributed by atoms with Gasteiger partial charge in [0.05, 0.1) is 21.3 Å². The molecular formula is C28H38F2O4Si. The first-order valence-electron chi connectivity index (χ1n) is 12.3. The van der Waals surface area contributed by atoms with E-state index in [1.807, 2.05) is 31.2 Å². The molecule has 1 atom stereocenters. The minimum Gasteiger partial charge on any atom is -0.490 e. The van der Waals surface area contributed by atoms with E-state index >= 15 is 0 Å². The van der Waals surface area contributed by atoms with Crippen molar-refractivity contribution < 1.29 is 28.2 Å². The number of halogens is 2. The van der Waals surface area contributed by atoms with E-state index in [1.165, 1.54) is 11.3 Å². The Labute approximate surface area is 209 Å². The number of esters is 1. The second kappa shape index (κ2) is 13.5. The molecule has 0 heterocycles. The summed E-state index contributed by atoms with van der Waals surface area (Å²) >= 11 is 0. The van der Waals surface area contributed by atoms with Gasteiger partial charge in [0, 0.05) is 23.7 Å². The van der Waals surface area contributed by atoms with Gasteiger partial charge in [-0.3, -0.25) is 0 Å². The van der Waals surface area contributed by atoms with Crippen LogP contribution in [0.25, 0.3) is 11.1 Å². The zero-order valence-corrected chi connectivity index (χ0v) is 22.3. The van der Waals surface area contributed by atoms with Gasteiger partial charge in [0.2, 0.25) is 5.82 Å². The number of unbranched alkanes of at least 4 members (excludes halogenated alkanes) is 1. The smallest absolute Gasteiger partial charge is 0.333 e. The summed E-state index contributed by atoms with van der Waals surface area (Å²) in [5, 5.41) is 10.8. The molecule has 7 heteroatoms. The molecule has 0 saturated heterocycles. The lowest BCUT2D eigenvalue weighted by Gasteiger charge is -2.24. The van der Waals surface area contributed by atoms with Crippen LogP contribution in [0.15, 0.2) is 48.6 Å². The van der Waals surface area contributed by atoms with Crippen molar-refractivity contribution >= 4 is 19.2 Å². The van der Waals surface area contributed by atoms with Crippen molar-refractivity contribution in [2.24, 2.45) is 5.92 Å². The molecule has 0 bridgehead atoms. The minimum absolute atomic E-state index is 0.0370. The third kappa shape index (κ3) is 8.28. The Morgan fingerprint density at radius 1 is 1.09 bits per heavy atom. The summed E-state index contributed by atoms with van der Waals surface area (Å²) in [6.45, 7) is 12.2. The van der Waals surface area contributed by atoms with Gasteiger partial charge in [0.25, 0.3) is 0 Å². The number of carbonyl (C=O) groups is 1. The maximum Gasteiger partial charge on any atom is 0.333 e. The highest BCUT2D eigenvalue weighted by Crippen LogP contribution is 2.30. The number of rotatable bonds is 14. The monoisotopic (exact) mass is 504 g/mol. The lowest BCUT2D eigenvalue weighted by Crippen LogP contribution is -2.41. The summed E-state index contributed by atoms with van der Waals surface area (Å²) in [6.07, 6.45) is 3.36. The first-order chi connectivity index (χ1) is 16.6. The van der Waals surface area contributed by atoms with Gasteiger partial charge in [0.1, 0.15) is 0 Å². The molecule has 35 heavy (non-hydrogen) atoms. The summed E-state index contributed by atoms with van der Waals surface area (Å²) in [7, 11) is -1.79. The van der Waals surface area contributed by atoms with Crippen LogP contribution in [0, 0.1) is 17.6 Å². The summed E-state index contributed by atoms with van der Waals surface area (Å²) < 4.78 is 39.7. The molecule has 0 aliphatic rings. The lowest BCUT2D eigenvalue weighted by atomic mass is 10.0. The van der Waals surface area contributed by atoms with Crippen LogP contribution in [0.2, 0.25) is 19.1 Å². The van der Waals surface area contributed by atoms with Gasteiger partial charge in [0.15, 0.2) is 11.6 Å². The number of hydrogen-bond acceptors (Lipinski definition) is 4. The predicted octanol–water partition coefficient (Wildman–Crippen LogP) is 6.23. The Morgan fingerprint density at radius 2 is 1.77 bits per heavy atom. The minimum atomic E-state index is -1.79. The van der Waals surface area contributed by atoms with Gasteiger partial charge in [-0.05, 0) is 37.5 Å². The largest absolute Gasteiger partial charge is 0.490 e. The maximum atomic E-state index is 14.7. The number of ether oxygens (including phenoxy) is 2. The fourth-order valence-corrected chi connectivity index (χ4v) is 6.26. The molecule has 0 saturated carbocycles. The molecule has 0 amide bonds. The summed E-state index contributed by atoms with van der Waals surface area (Å²) in [6, 6.07) is 11.7. The van der Waals surface area contributed by atoms with Crippen LogP contribution in [0.1, 0.15) is 39.5 Å². The quantitative estimate of drug-likeness (QED) is 0.143. The molecule has 1 N–H and O–H groups in total. The normalized spacial score (nSPS) is 12.3. The molecule has 1 unspecified atom stereocenters. The molecule has 2 aromatic rings. The lowest BCUT2D eigenvalue weighted by molar-refractivity contribution is -0.140. The van der Waals surface area contributed by atoms with Gasteiger partial charge in [-0.1, -0.05) is 74.9 Å². The van der Waals surface area contributed by atoms with Crippen LogP contribution >= 0.6 is 0 Å². The Bertz CT molecular complexity index is 989. The number of carbonyl (C=O) groups excluding carboxylic acids is 1. The average Bonchev–Trinajstić information content (AvgIpc) is 2.83. The second-order valence-corrected chi connectivity index (χ2v) is 14.6. The maximum absolute atomic E-state index is 14.7. The summed E-state index contributed by atoms with van der Waals surface area (Å²) in [5.74, 6) is -2.44. The average molecular weight is 505 g/mol. The third-order valence-electron chi connectivity index (χ3n) is 6.25. The number of aliphatic hydroxyl groups excluding tert-OH is 1. The van der Waals surface area contributed by atoms with Gasteiger partial charge in [-0.25, -0.2) is 9.18 Å². The van der Waals surface area contributed by atoms with Crippen LogP contribution in [0.4, 0.5) is 8.78 Å².